The molecule has 0 unspecified atom stereocenters. The van der Waals surface area contributed by atoms with E-state index in [1.807, 2.05) is 24.0 Å². The molecule has 0 radical (unpaired) electrons. The number of carbonyl (C=O) groups is 2. The average Bonchev–Trinajstić information content (AvgIpc) is 2.93. The van der Waals surface area contributed by atoms with E-state index in [0.717, 1.165) is 37.2 Å². The van der Waals surface area contributed by atoms with Gasteiger partial charge in [0.05, 0.1) is 6.61 Å². The number of amides is 2. The molecule has 0 bridgehead atoms. The van der Waals surface area contributed by atoms with Crippen LogP contribution in [0.2, 0.25) is 0 Å². The van der Waals surface area contributed by atoms with Gasteiger partial charge in [-0.05, 0) is 37.5 Å². The highest BCUT2D eigenvalue weighted by Gasteiger charge is 2.20. The number of ether oxygens (including phenoxy) is 1. The highest BCUT2D eigenvalue weighted by Crippen LogP contribution is 2.22. The van der Waals surface area contributed by atoms with Crippen LogP contribution in [0.25, 0.3) is 0 Å². The van der Waals surface area contributed by atoms with Crippen LogP contribution in [-0.2, 0) is 9.53 Å². The molecule has 0 aromatic heterocycles. The third kappa shape index (κ3) is 4.57. The third-order valence-electron chi connectivity index (χ3n) is 4.50. The first-order valence-corrected chi connectivity index (χ1v) is 9.86. The van der Waals surface area contributed by atoms with Crippen molar-refractivity contribution < 1.29 is 14.3 Å². The minimum Gasteiger partial charge on any atom is -0.487 e. The van der Waals surface area contributed by atoms with Gasteiger partial charge < -0.3 is 15.0 Å². The molecule has 2 heterocycles. The Morgan fingerprint density at radius 2 is 1.92 bits per heavy atom. The number of benzene rings is 1. The second-order valence-corrected chi connectivity index (χ2v) is 7.37. The van der Waals surface area contributed by atoms with Gasteiger partial charge in [0, 0.05) is 35.5 Å². The van der Waals surface area contributed by atoms with Crippen molar-refractivity contribution >= 4 is 29.3 Å². The Morgan fingerprint density at radius 1 is 1.16 bits per heavy atom. The molecule has 25 heavy (non-hydrogen) atoms. The van der Waals surface area contributed by atoms with Crippen molar-refractivity contribution in [3.63, 3.8) is 0 Å². The van der Waals surface area contributed by atoms with E-state index < -0.39 is 0 Å². The molecule has 1 saturated heterocycles. The maximum Gasteiger partial charge on any atom is 0.291 e. The minimum atomic E-state index is -0.269. The van der Waals surface area contributed by atoms with Gasteiger partial charge in [0.1, 0.15) is 0 Å². The highest BCUT2D eigenvalue weighted by atomic mass is 32.2. The van der Waals surface area contributed by atoms with Crippen molar-refractivity contribution in [2.75, 3.05) is 30.8 Å². The minimum absolute atomic E-state index is 0.0427. The molecule has 0 spiro atoms. The fraction of sp³-hybridized carbons (Fsp3) is 0.474. The van der Waals surface area contributed by atoms with Crippen molar-refractivity contribution in [3.05, 3.63) is 40.5 Å². The van der Waals surface area contributed by atoms with Crippen LogP contribution in [0.4, 0.5) is 5.69 Å². The molecule has 0 aliphatic carbocycles. The number of thioether (sulfide) groups is 1. The number of likely N-dealkylation sites (tertiary alicyclic amines) is 1. The second kappa shape index (κ2) is 8.43. The van der Waals surface area contributed by atoms with E-state index in [0.29, 0.717) is 23.6 Å². The zero-order valence-electron chi connectivity index (χ0n) is 14.5. The largest absolute Gasteiger partial charge is 0.487 e. The lowest BCUT2D eigenvalue weighted by Crippen LogP contribution is -2.32. The Morgan fingerprint density at radius 3 is 2.60 bits per heavy atom. The first-order valence-electron chi connectivity index (χ1n) is 8.81. The molecule has 1 fully saturated rings. The summed E-state index contributed by atoms with van der Waals surface area (Å²) in [5.74, 6) is 0.964. The second-order valence-electron chi connectivity index (χ2n) is 6.39. The Labute approximate surface area is 152 Å². The first-order chi connectivity index (χ1) is 12.1. The van der Waals surface area contributed by atoms with Gasteiger partial charge in [-0.3, -0.25) is 9.59 Å². The number of aryl methyl sites for hydroxylation is 1. The Balaban J connectivity index is 1.74. The van der Waals surface area contributed by atoms with Gasteiger partial charge in [-0.1, -0.05) is 18.9 Å². The zero-order valence-corrected chi connectivity index (χ0v) is 15.4. The van der Waals surface area contributed by atoms with Gasteiger partial charge in [0.25, 0.3) is 11.8 Å². The Kier molecular flexibility index (Phi) is 6.02. The van der Waals surface area contributed by atoms with E-state index in [1.54, 1.807) is 23.2 Å². The average molecular weight is 360 g/mol. The molecular formula is C19H24N2O3S. The number of hydrogen-bond acceptors (Lipinski definition) is 4. The standard InChI is InChI=1S/C19H24N2O3S/c1-14-6-7-15(19(23)21-8-4-2-3-5-9-21)12-16(14)20-18(22)17-13-25-11-10-24-17/h6-7,12-13H,2-5,8-11H2,1H3,(H,20,22). The summed E-state index contributed by atoms with van der Waals surface area (Å²) in [6.07, 6.45) is 4.49. The fourth-order valence-electron chi connectivity index (χ4n) is 3.02. The molecule has 5 nitrogen and oxygen atoms in total. The molecule has 0 saturated carbocycles. The third-order valence-corrected chi connectivity index (χ3v) is 5.28. The monoisotopic (exact) mass is 360 g/mol. The van der Waals surface area contributed by atoms with Crippen LogP contribution in [0.3, 0.4) is 0 Å². The maximum absolute atomic E-state index is 12.8. The van der Waals surface area contributed by atoms with E-state index in [4.69, 9.17) is 4.74 Å². The number of rotatable bonds is 3. The molecule has 2 amide bonds. The van der Waals surface area contributed by atoms with E-state index in [-0.39, 0.29) is 11.8 Å². The van der Waals surface area contributed by atoms with E-state index in [1.165, 1.54) is 12.8 Å². The molecular weight excluding hydrogens is 336 g/mol. The quantitative estimate of drug-likeness (QED) is 0.895. The summed E-state index contributed by atoms with van der Waals surface area (Å²) >= 11 is 1.57. The van der Waals surface area contributed by atoms with Gasteiger partial charge in [0.15, 0.2) is 5.76 Å². The molecule has 1 N–H and O–H groups in total. The smallest absolute Gasteiger partial charge is 0.291 e. The predicted octanol–water partition coefficient (Wildman–Crippen LogP) is 3.55. The van der Waals surface area contributed by atoms with Gasteiger partial charge >= 0.3 is 0 Å². The van der Waals surface area contributed by atoms with Crippen LogP contribution in [-0.4, -0.2) is 42.2 Å². The van der Waals surface area contributed by atoms with Gasteiger partial charge in [-0.2, -0.15) is 0 Å². The summed E-state index contributed by atoms with van der Waals surface area (Å²) in [4.78, 5) is 27.0. The lowest BCUT2D eigenvalue weighted by molar-refractivity contribution is -0.116. The molecule has 1 aromatic carbocycles. The van der Waals surface area contributed by atoms with Crippen LogP contribution in [0.5, 0.6) is 0 Å². The van der Waals surface area contributed by atoms with Gasteiger partial charge in [-0.15, -0.1) is 11.8 Å². The number of nitrogens with zero attached hydrogens (tertiary/aromatic N) is 1. The lowest BCUT2D eigenvalue weighted by atomic mass is 10.1. The number of anilines is 1. The normalized spacial score (nSPS) is 18.0. The van der Waals surface area contributed by atoms with Crippen molar-refractivity contribution in [1.29, 1.82) is 0 Å². The number of carbonyl (C=O) groups excluding carboxylic acids is 2. The Bertz CT molecular complexity index is 679. The van der Waals surface area contributed by atoms with E-state index >= 15 is 0 Å². The molecule has 3 rings (SSSR count). The van der Waals surface area contributed by atoms with Gasteiger partial charge in [0.2, 0.25) is 0 Å². The summed E-state index contributed by atoms with van der Waals surface area (Å²) < 4.78 is 5.39. The zero-order chi connectivity index (χ0) is 17.6. The molecule has 2 aliphatic heterocycles. The van der Waals surface area contributed by atoms with Crippen LogP contribution < -0.4 is 5.32 Å². The Hall–Kier alpha value is -1.95. The summed E-state index contributed by atoms with van der Waals surface area (Å²) in [6.45, 7) is 4.08. The van der Waals surface area contributed by atoms with Gasteiger partial charge in [-0.25, -0.2) is 0 Å². The van der Waals surface area contributed by atoms with Crippen molar-refractivity contribution in [2.24, 2.45) is 0 Å². The highest BCUT2D eigenvalue weighted by molar-refractivity contribution is 8.02. The van der Waals surface area contributed by atoms with Crippen LogP contribution in [0.15, 0.2) is 29.4 Å². The lowest BCUT2D eigenvalue weighted by Gasteiger charge is -2.21. The van der Waals surface area contributed by atoms with Crippen molar-refractivity contribution in [3.8, 4) is 0 Å². The van der Waals surface area contributed by atoms with E-state index in [2.05, 4.69) is 5.32 Å². The summed E-state index contributed by atoms with van der Waals surface area (Å²) in [6, 6.07) is 5.49. The summed E-state index contributed by atoms with van der Waals surface area (Å²) in [5, 5.41) is 4.61. The first kappa shape index (κ1) is 17.9. The summed E-state index contributed by atoms with van der Waals surface area (Å²) in [7, 11) is 0. The number of nitrogens with one attached hydrogen (secondary N) is 1. The van der Waals surface area contributed by atoms with Crippen molar-refractivity contribution in [1.82, 2.24) is 4.90 Å². The maximum atomic E-state index is 12.8. The molecule has 134 valence electrons. The van der Waals surface area contributed by atoms with Crippen LogP contribution >= 0.6 is 11.8 Å². The number of hydrogen-bond donors (Lipinski definition) is 1. The summed E-state index contributed by atoms with van der Waals surface area (Å²) in [5.41, 5.74) is 2.20. The SMILES string of the molecule is Cc1ccc(C(=O)N2CCCCCC2)cc1NC(=O)C1=CSCCO1. The topological polar surface area (TPSA) is 58.6 Å². The molecule has 1 aromatic rings. The predicted molar refractivity (Wildman–Crippen MR) is 101 cm³/mol. The van der Waals surface area contributed by atoms with Crippen molar-refractivity contribution in [2.45, 2.75) is 32.6 Å². The molecule has 6 heteroatoms. The molecule has 0 atom stereocenters. The molecule has 2 aliphatic rings. The van der Waals surface area contributed by atoms with Crippen LogP contribution in [0, 0.1) is 6.92 Å². The van der Waals surface area contributed by atoms with E-state index in [9.17, 15) is 9.59 Å². The fourth-order valence-corrected chi connectivity index (χ4v) is 3.64. The van der Waals surface area contributed by atoms with Crippen LogP contribution in [0.1, 0.15) is 41.6 Å².